The van der Waals surface area contributed by atoms with Crippen molar-refractivity contribution in [2.75, 3.05) is 13.1 Å². The van der Waals surface area contributed by atoms with Gasteiger partial charge >= 0.3 is 0 Å². The number of carbonyl (C=O) groups excluding carboxylic acids is 1. The Morgan fingerprint density at radius 2 is 2.09 bits per heavy atom. The lowest BCUT2D eigenvalue weighted by Crippen LogP contribution is -2.34. The molecule has 0 spiro atoms. The predicted molar refractivity (Wildman–Crippen MR) is 91.0 cm³/mol. The lowest BCUT2D eigenvalue weighted by Gasteiger charge is -2.21. The molecule has 1 saturated heterocycles. The summed E-state index contributed by atoms with van der Waals surface area (Å²) in [4.78, 5) is 14.8. The first kappa shape index (κ1) is 16.0. The number of hydrogen-bond donors (Lipinski definition) is 1. The smallest absolute Gasteiger partial charge is 0.257 e. The van der Waals surface area contributed by atoms with Crippen molar-refractivity contribution in [1.29, 1.82) is 0 Å². The highest BCUT2D eigenvalue weighted by Gasteiger charge is 2.33. The third-order valence-corrected chi connectivity index (χ3v) is 4.82. The van der Waals surface area contributed by atoms with Crippen molar-refractivity contribution in [3.8, 4) is 5.69 Å². The number of rotatable bonds is 3. The Labute approximate surface area is 141 Å². The molecule has 2 unspecified atom stereocenters. The molecule has 1 fully saturated rings. The van der Waals surface area contributed by atoms with Gasteiger partial charge in [0.1, 0.15) is 0 Å². The standard InChI is InChI=1S/C17H21ClN4O/c1-11-7-13(8-19)10-21(11)17(23)16-9-20-22(12(16)2)15-5-3-14(18)4-6-15/h3-6,9,11,13H,7-8,10,19H2,1-2H3. The minimum absolute atomic E-state index is 0.0335. The van der Waals surface area contributed by atoms with Crippen molar-refractivity contribution < 1.29 is 4.79 Å². The van der Waals surface area contributed by atoms with Crippen molar-refractivity contribution in [3.05, 3.63) is 46.7 Å². The van der Waals surface area contributed by atoms with E-state index in [1.807, 2.05) is 36.1 Å². The Morgan fingerprint density at radius 3 is 2.70 bits per heavy atom. The van der Waals surface area contributed by atoms with Gasteiger partial charge in [-0.3, -0.25) is 4.79 Å². The summed E-state index contributed by atoms with van der Waals surface area (Å²) >= 11 is 5.92. The maximum atomic E-state index is 12.8. The average molecular weight is 333 g/mol. The summed E-state index contributed by atoms with van der Waals surface area (Å²) in [7, 11) is 0. The number of aromatic nitrogens is 2. The van der Waals surface area contributed by atoms with Crippen molar-refractivity contribution in [3.63, 3.8) is 0 Å². The largest absolute Gasteiger partial charge is 0.335 e. The van der Waals surface area contributed by atoms with Gasteiger partial charge in [0.15, 0.2) is 0 Å². The zero-order chi connectivity index (χ0) is 16.6. The third kappa shape index (κ3) is 2.99. The molecule has 0 aliphatic carbocycles. The quantitative estimate of drug-likeness (QED) is 0.939. The van der Waals surface area contributed by atoms with E-state index >= 15 is 0 Å². The van der Waals surface area contributed by atoms with Crippen LogP contribution >= 0.6 is 11.6 Å². The van der Waals surface area contributed by atoms with Gasteiger partial charge in [0.05, 0.1) is 23.1 Å². The van der Waals surface area contributed by atoms with Gasteiger partial charge < -0.3 is 10.6 Å². The van der Waals surface area contributed by atoms with Crippen molar-refractivity contribution >= 4 is 17.5 Å². The molecule has 2 N–H and O–H groups in total. The summed E-state index contributed by atoms with van der Waals surface area (Å²) in [6.07, 6.45) is 2.61. The van der Waals surface area contributed by atoms with Crippen LogP contribution < -0.4 is 5.73 Å². The molecule has 122 valence electrons. The molecule has 1 aliphatic rings. The molecule has 2 atom stereocenters. The van der Waals surface area contributed by atoms with Crippen LogP contribution in [0.4, 0.5) is 0 Å². The summed E-state index contributed by atoms with van der Waals surface area (Å²) in [5.74, 6) is 0.423. The van der Waals surface area contributed by atoms with Gasteiger partial charge in [-0.05, 0) is 57.0 Å². The number of benzene rings is 1. The minimum atomic E-state index is 0.0335. The Hall–Kier alpha value is -1.85. The van der Waals surface area contributed by atoms with Gasteiger partial charge in [-0.25, -0.2) is 4.68 Å². The molecule has 2 heterocycles. The van der Waals surface area contributed by atoms with Crippen LogP contribution in [-0.4, -0.2) is 39.7 Å². The first-order valence-electron chi connectivity index (χ1n) is 7.83. The molecule has 1 aromatic carbocycles. The molecule has 1 aromatic heterocycles. The maximum absolute atomic E-state index is 12.8. The van der Waals surface area contributed by atoms with E-state index in [9.17, 15) is 4.79 Å². The SMILES string of the molecule is Cc1c(C(=O)N2CC(CN)CC2C)cnn1-c1ccc(Cl)cc1. The summed E-state index contributed by atoms with van der Waals surface area (Å²) < 4.78 is 1.77. The van der Waals surface area contributed by atoms with E-state index < -0.39 is 0 Å². The average Bonchev–Trinajstić information content (AvgIpc) is 3.10. The number of carbonyl (C=O) groups is 1. The molecule has 2 aromatic rings. The van der Waals surface area contributed by atoms with Crippen molar-refractivity contribution in [1.82, 2.24) is 14.7 Å². The second-order valence-electron chi connectivity index (χ2n) is 6.18. The first-order valence-corrected chi connectivity index (χ1v) is 8.20. The summed E-state index contributed by atoms with van der Waals surface area (Å²) in [5.41, 5.74) is 8.12. The van der Waals surface area contributed by atoms with E-state index in [0.29, 0.717) is 23.0 Å². The van der Waals surface area contributed by atoms with Crippen LogP contribution in [0.2, 0.25) is 5.02 Å². The van der Waals surface area contributed by atoms with Gasteiger partial charge in [0, 0.05) is 17.6 Å². The molecular formula is C17H21ClN4O. The Kier molecular flexibility index (Phi) is 4.41. The van der Waals surface area contributed by atoms with Gasteiger partial charge in [-0.15, -0.1) is 0 Å². The number of hydrogen-bond acceptors (Lipinski definition) is 3. The van der Waals surface area contributed by atoms with Crippen LogP contribution in [0.25, 0.3) is 5.69 Å². The van der Waals surface area contributed by atoms with E-state index in [1.54, 1.807) is 10.9 Å². The van der Waals surface area contributed by atoms with Crippen molar-refractivity contribution in [2.24, 2.45) is 11.7 Å². The Balaban J connectivity index is 1.87. The normalized spacial score (nSPS) is 21.0. The van der Waals surface area contributed by atoms with Gasteiger partial charge in [-0.2, -0.15) is 5.10 Å². The summed E-state index contributed by atoms with van der Waals surface area (Å²) in [5, 5.41) is 5.05. The molecule has 6 heteroatoms. The highest BCUT2D eigenvalue weighted by Crippen LogP contribution is 2.25. The molecule has 0 radical (unpaired) electrons. The highest BCUT2D eigenvalue weighted by molar-refractivity contribution is 6.30. The molecule has 0 bridgehead atoms. The molecular weight excluding hydrogens is 312 g/mol. The van der Waals surface area contributed by atoms with Crippen LogP contribution in [0, 0.1) is 12.8 Å². The van der Waals surface area contributed by atoms with Gasteiger partial charge in [0.25, 0.3) is 5.91 Å². The fourth-order valence-electron chi connectivity index (χ4n) is 3.21. The lowest BCUT2D eigenvalue weighted by atomic mass is 10.1. The zero-order valence-electron chi connectivity index (χ0n) is 13.4. The second-order valence-corrected chi connectivity index (χ2v) is 6.61. The van der Waals surface area contributed by atoms with E-state index in [0.717, 1.165) is 24.3 Å². The minimum Gasteiger partial charge on any atom is -0.335 e. The molecule has 1 aliphatic heterocycles. The monoisotopic (exact) mass is 332 g/mol. The molecule has 3 rings (SSSR count). The summed E-state index contributed by atoms with van der Waals surface area (Å²) in [6, 6.07) is 7.62. The van der Waals surface area contributed by atoms with Crippen LogP contribution in [-0.2, 0) is 0 Å². The molecule has 23 heavy (non-hydrogen) atoms. The lowest BCUT2D eigenvalue weighted by molar-refractivity contribution is 0.0742. The number of halogens is 1. The van der Waals surface area contributed by atoms with Crippen LogP contribution in [0.1, 0.15) is 29.4 Å². The van der Waals surface area contributed by atoms with E-state index in [2.05, 4.69) is 12.0 Å². The molecule has 0 saturated carbocycles. The van der Waals surface area contributed by atoms with Gasteiger partial charge in [0.2, 0.25) is 0 Å². The first-order chi connectivity index (χ1) is 11.0. The number of likely N-dealkylation sites (tertiary alicyclic amines) is 1. The van der Waals surface area contributed by atoms with Gasteiger partial charge in [-0.1, -0.05) is 11.6 Å². The highest BCUT2D eigenvalue weighted by atomic mass is 35.5. The maximum Gasteiger partial charge on any atom is 0.257 e. The zero-order valence-corrected chi connectivity index (χ0v) is 14.1. The van der Waals surface area contributed by atoms with E-state index in [-0.39, 0.29) is 11.9 Å². The topological polar surface area (TPSA) is 64.2 Å². The fraction of sp³-hybridized carbons (Fsp3) is 0.412. The van der Waals surface area contributed by atoms with Crippen LogP contribution in [0.5, 0.6) is 0 Å². The summed E-state index contributed by atoms with van der Waals surface area (Å²) in [6.45, 7) is 5.34. The van der Waals surface area contributed by atoms with Crippen LogP contribution in [0.15, 0.2) is 30.5 Å². The third-order valence-electron chi connectivity index (χ3n) is 4.57. The Bertz CT molecular complexity index is 710. The number of nitrogens with zero attached hydrogens (tertiary/aromatic N) is 3. The van der Waals surface area contributed by atoms with Crippen LogP contribution in [0.3, 0.4) is 0 Å². The van der Waals surface area contributed by atoms with E-state index in [1.165, 1.54) is 0 Å². The Morgan fingerprint density at radius 1 is 1.39 bits per heavy atom. The molecule has 5 nitrogen and oxygen atoms in total. The van der Waals surface area contributed by atoms with E-state index in [4.69, 9.17) is 17.3 Å². The number of nitrogens with two attached hydrogens (primary N) is 1. The predicted octanol–water partition coefficient (Wildman–Crippen LogP) is 2.64. The fourth-order valence-corrected chi connectivity index (χ4v) is 3.34. The molecule has 1 amide bonds. The second kappa shape index (κ2) is 6.34. The number of amides is 1. The van der Waals surface area contributed by atoms with Crippen molar-refractivity contribution in [2.45, 2.75) is 26.3 Å².